The number of amides is 1. The zero-order valence-corrected chi connectivity index (χ0v) is 18.1. The van der Waals surface area contributed by atoms with Crippen molar-refractivity contribution in [2.24, 2.45) is 5.14 Å². The number of benzene rings is 2. The fourth-order valence-electron chi connectivity index (χ4n) is 3.65. The lowest BCUT2D eigenvalue weighted by Gasteiger charge is -2.13. The van der Waals surface area contributed by atoms with Crippen LogP contribution in [0.1, 0.15) is 35.1 Å². The summed E-state index contributed by atoms with van der Waals surface area (Å²) in [6.45, 7) is 1.44. The van der Waals surface area contributed by atoms with Gasteiger partial charge in [0.1, 0.15) is 0 Å². The molecule has 0 radical (unpaired) electrons. The van der Waals surface area contributed by atoms with Gasteiger partial charge in [0.2, 0.25) is 10.0 Å². The second-order valence-electron chi connectivity index (χ2n) is 7.48. The van der Waals surface area contributed by atoms with Gasteiger partial charge in [0.15, 0.2) is 11.8 Å². The quantitative estimate of drug-likeness (QED) is 0.549. The van der Waals surface area contributed by atoms with Crippen LogP contribution in [0.4, 0.5) is 5.69 Å². The summed E-state index contributed by atoms with van der Waals surface area (Å²) < 4.78 is 30.1. The molecule has 3 N–H and O–H groups in total. The molecule has 0 saturated carbocycles. The van der Waals surface area contributed by atoms with Crippen LogP contribution in [-0.2, 0) is 32.4 Å². The third-order valence-corrected chi connectivity index (χ3v) is 6.12. The van der Waals surface area contributed by atoms with Gasteiger partial charge in [-0.25, -0.2) is 23.0 Å². The Morgan fingerprint density at radius 1 is 1.12 bits per heavy atom. The second-order valence-corrected chi connectivity index (χ2v) is 9.05. The molecule has 1 aliphatic rings. The van der Waals surface area contributed by atoms with Gasteiger partial charge < -0.3 is 10.1 Å². The average molecular weight is 455 g/mol. The number of para-hydroxylation sites is 1. The molecule has 1 unspecified atom stereocenters. The maximum atomic E-state index is 12.8. The fourth-order valence-corrected chi connectivity index (χ4v) is 4.21. The number of carbonyl (C=O) groups excluding carboxylic acids is 2. The van der Waals surface area contributed by atoms with E-state index < -0.39 is 28.0 Å². The van der Waals surface area contributed by atoms with Crippen LogP contribution >= 0.6 is 0 Å². The van der Waals surface area contributed by atoms with Gasteiger partial charge in [-0.05, 0) is 56.5 Å². The summed E-state index contributed by atoms with van der Waals surface area (Å²) in [5, 5.41) is 12.1. The molecule has 1 heterocycles. The SMILES string of the molecule is CC(OC(=O)c1nn(-c2ccccc2)c2c1CCC2)C(=O)Nc1cccc(S(N)(=O)=O)c1. The minimum Gasteiger partial charge on any atom is -0.448 e. The molecule has 10 heteroatoms. The molecule has 0 spiro atoms. The molecule has 9 nitrogen and oxygen atoms in total. The molecule has 1 atom stereocenters. The summed E-state index contributed by atoms with van der Waals surface area (Å²) >= 11 is 0. The highest BCUT2D eigenvalue weighted by Gasteiger charge is 2.30. The largest absolute Gasteiger partial charge is 0.448 e. The van der Waals surface area contributed by atoms with Crippen molar-refractivity contribution in [2.45, 2.75) is 37.2 Å². The van der Waals surface area contributed by atoms with E-state index in [0.717, 1.165) is 29.8 Å². The Kier molecular flexibility index (Phi) is 5.81. The normalized spacial score (nSPS) is 13.9. The molecular formula is C22H22N4O5S. The van der Waals surface area contributed by atoms with Gasteiger partial charge in [-0.3, -0.25) is 4.79 Å². The molecule has 0 aliphatic heterocycles. The fraction of sp³-hybridized carbons (Fsp3) is 0.227. The van der Waals surface area contributed by atoms with Gasteiger partial charge in [-0.15, -0.1) is 0 Å². The lowest BCUT2D eigenvalue weighted by molar-refractivity contribution is -0.123. The molecule has 2 aromatic carbocycles. The third-order valence-electron chi connectivity index (χ3n) is 5.21. The number of anilines is 1. The summed E-state index contributed by atoms with van der Waals surface area (Å²) in [7, 11) is -3.91. The molecule has 1 aliphatic carbocycles. The molecule has 1 amide bonds. The van der Waals surface area contributed by atoms with E-state index in [0.29, 0.717) is 6.42 Å². The number of esters is 1. The maximum Gasteiger partial charge on any atom is 0.359 e. The number of sulfonamides is 1. The van der Waals surface area contributed by atoms with Crippen molar-refractivity contribution in [3.63, 3.8) is 0 Å². The Labute approximate surface area is 185 Å². The number of nitrogens with one attached hydrogen (secondary N) is 1. The standard InChI is InChI=1S/C22H22N4O5S/c1-14(21(27)24-15-7-5-10-17(13-15)32(23,29)30)31-22(28)20-18-11-6-12-19(18)26(25-20)16-8-3-2-4-9-16/h2-5,7-10,13-14H,6,11-12H2,1H3,(H,24,27)(H2,23,29,30). The molecule has 32 heavy (non-hydrogen) atoms. The van der Waals surface area contributed by atoms with Crippen LogP contribution in [0, 0.1) is 0 Å². The van der Waals surface area contributed by atoms with E-state index in [2.05, 4.69) is 10.4 Å². The Hall–Kier alpha value is -3.50. The van der Waals surface area contributed by atoms with Crippen molar-refractivity contribution in [3.05, 3.63) is 71.5 Å². The Balaban J connectivity index is 1.49. The highest BCUT2D eigenvalue weighted by Crippen LogP contribution is 2.28. The van der Waals surface area contributed by atoms with Gasteiger partial charge in [0.05, 0.1) is 10.6 Å². The summed E-state index contributed by atoms with van der Waals surface area (Å²) in [5.74, 6) is -1.29. The molecule has 0 saturated heterocycles. The van der Waals surface area contributed by atoms with E-state index in [9.17, 15) is 18.0 Å². The number of fused-ring (bicyclic) bond motifs is 1. The van der Waals surface area contributed by atoms with Gasteiger partial charge in [0, 0.05) is 16.9 Å². The van der Waals surface area contributed by atoms with E-state index >= 15 is 0 Å². The zero-order chi connectivity index (χ0) is 22.9. The van der Waals surface area contributed by atoms with E-state index in [1.54, 1.807) is 4.68 Å². The van der Waals surface area contributed by atoms with Crippen LogP contribution in [0.15, 0.2) is 59.5 Å². The summed E-state index contributed by atoms with van der Waals surface area (Å²) in [6, 6.07) is 15.0. The number of primary sulfonamides is 1. The van der Waals surface area contributed by atoms with Crippen molar-refractivity contribution in [2.75, 3.05) is 5.32 Å². The molecule has 3 aromatic rings. The number of hydrogen-bond donors (Lipinski definition) is 2. The minimum atomic E-state index is -3.91. The first-order chi connectivity index (χ1) is 15.2. The molecule has 4 rings (SSSR count). The molecule has 166 valence electrons. The second kappa shape index (κ2) is 8.56. The molecule has 1 aromatic heterocycles. The Morgan fingerprint density at radius 3 is 2.59 bits per heavy atom. The van der Waals surface area contributed by atoms with E-state index in [-0.39, 0.29) is 16.3 Å². The van der Waals surface area contributed by atoms with Crippen molar-refractivity contribution >= 4 is 27.6 Å². The van der Waals surface area contributed by atoms with Gasteiger partial charge in [-0.1, -0.05) is 24.3 Å². The highest BCUT2D eigenvalue weighted by molar-refractivity contribution is 7.89. The lowest BCUT2D eigenvalue weighted by Crippen LogP contribution is -2.30. The van der Waals surface area contributed by atoms with E-state index in [1.807, 2.05) is 30.3 Å². The minimum absolute atomic E-state index is 0.137. The number of ether oxygens (including phenoxy) is 1. The predicted molar refractivity (Wildman–Crippen MR) is 117 cm³/mol. The van der Waals surface area contributed by atoms with E-state index in [4.69, 9.17) is 9.88 Å². The highest BCUT2D eigenvalue weighted by atomic mass is 32.2. The first kappa shape index (κ1) is 21.7. The van der Waals surface area contributed by atoms with Crippen LogP contribution in [0.5, 0.6) is 0 Å². The number of nitrogens with two attached hydrogens (primary N) is 1. The monoisotopic (exact) mass is 454 g/mol. The average Bonchev–Trinajstić information content (AvgIpc) is 3.36. The van der Waals surface area contributed by atoms with Crippen LogP contribution in [-0.4, -0.2) is 36.2 Å². The number of rotatable bonds is 6. The zero-order valence-electron chi connectivity index (χ0n) is 17.3. The Bertz CT molecular complexity index is 1280. The van der Waals surface area contributed by atoms with Crippen LogP contribution in [0.2, 0.25) is 0 Å². The molecular weight excluding hydrogens is 432 g/mol. The summed E-state index contributed by atoms with van der Waals surface area (Å²) in [5.41, 5.74) is 3.09. The Morgan fingerprint density at radius 2 is 1.88 bits per heavy atom. The maximum absolute atomic E-state index is 12.8. The smallest absolute Gasteiger partial charge is 0.359 e. The molecule has 0 fully saturated rings. The lowest BCUT2D eigenvalue weighted by atomic mass is 10.2. The van der Waals surface area contributed by atoms with Gasteiger partial charge >= 0.3 is 5.97 Å². The van der Waals surface area contributed by atoms with Crippen LogP contribution in [0.25, 0.3) is 5.69 Å². The van der Waals surface area contributed by atoms with Crippen molar-refractivity contribution < 1.29 is 22.7 Å². The first-order valence-corrected chi connectivity index (χ1v) is 11.6. The molecule has 0 bridgehead atoms. The van der Waals surface area contributed by atoms with E-state index in [1.165, 1.54) is 31.2 Å². The van der Waals surface area contributed by atoms with Crippen LogP contribution in [0.3, 0.4) is 0 Å². The number of aromatic nitrogens is 2. The van der Waals surface area contributed by atoms with Gasteiger partial charge in [0.25, 0.3) is 5.91 Å². The summed E-state index contributed by atoms with van der Waals surface area (Å²) in [6.07, 6.45) is 1.31. The number of nitrogens with zero attached hydrogens (tertiary/aromatic N) is 2. The first-order valence-electron chi connectivity index (χ1n) is 10.0. The van der Waals surface area contributed by atoms with Crippen molar-refractivity contribution in [1.29, 1.82) is 0 Å². The topological polar surface area (TPSA) is 133 Å². The van der Waals surface area contributed by atoms with Crippen LogP contribution < -0.4 is 10.5 Å². The van der Waals surface area contributed by atoms with Crippen molar-refractivity contribution in [3.8, 4) is 5.69 Å². The number of hydrogen-bond acceptors (Lipinski definition) is 6. The number of carbonyl (C=O) groups is 2. The van der Waals surface area contributed by atoms with Gasteiger partial charge in [-0.2, -0.15) is 5.10 Å². The third kappa shape index (κ3) is 4.41. The summed E-state index contributed by atoms with van der Waals surface area (Å²) in [4.78, 5) is 25.2. The predicted octanol–water partition coefficient (Wildman–Crippen LogP) is 2.19. The van der Waals surface area contributed by atoms with Crippen molar-refractivity contribution in [1.82, 2.24) is 9.78 Å².